The third-order valence-corrected chi connectivity index (χ3v) is 4.11. The fraction of sp³-hybridized carbons (Fsp3) is 0.500. The van der Waals surface area contributed by atoms with Gasteiger partial charge in [0.1, 0.15) is 11.9 Å². The van der Waals surface area contributed by atoms with Crippen LogP contribution >= 0.6 is 0 Å². The highest BCUT2D eigenvalue weighted by molar-refractivity contribution is 5.53. The summed E-state index contributed by atoms with van der Waals surface area (Å²) in [6, 6.07) is 6.09. The van der Waals surface area contributed by atoms with Crippen LogP contribution in [0.15, 0.2) is 24.5 Å². The van der Waals surface area contributed by atoms with Crippen molar-refractivity contribution in [3.05, 3.63) is 35.8 Å². The zero-order chi connectivity index (χ0) is 16.2. The smallest absolute Gasteiger partial charge is 0.146 e. The molecule has 0 amide bonds. The molecule has 0 bridgehead atoms. The number of nitrogens with zero attached hydrogens (tertiary/aromatic N) is 6. The first-order chi connectivity index (χ1) is 11.2. The summed E-state index contributed by atoms with van der Waals surface area (Å²) in [5.74, 6) is 0.766. The second kappa shape index (κ2) is 6.75. The molecule has 2 aromatic heterocycles. The molecule has 1 fully saturated rings. The van der Waals surface area contributed by atoms with Crippen molar-refractivity contribution in [1.29, 1.82) is 5.26 Å². The fourth-order valence-corrected chi connectivity index (χ4v) is 2.97. The van der Waals surface area contributed by atoms with E-state index in [1.807, 2.05) is 10.9 Å². The molecule has 1 N–H and O–H groups in total. The van der Waals surface area contributed by atoms with Gasteiger partial charge in [-0.3, -0.25) is 0 Å². The normalized spacial score (nSPS) is 17.0. The Kier molecular flexibility index (Phi) is 4.53. The van der Waals surface area contributed by atoms with E-state index in [2.05, 4.69) is 26.3 Å². The van der Waals surface area contributed by atoms with E-state index in [0.717, 1.165) is 37.4 Å². The van der Waals surface area contributed by atoms with Gasteiger partial charge >= 0.3 is 0 Å². The molecule has 7 nitrogen and oxygen atoms in total. The van der Waals surface area contributed by atoms with Gasteiger partial charge in [0, 0.05) is 31.9 Å². The fourth-order valence-electron chi connectivity index (χ4n) is 2.97. The minimum Gasteiger partial charge on any atom is -0.393 e. The van der Waals surface area contributed by atoms with E-state index in [9.17, 15) is 10.4 Å². The van der Waals surface area contributed by atoms with Gasteiger partial charge in [-0.05, 0) is 31.9 Å². The van der Waals surface area contributed by atoms with Gasteiger partial charge in [0.2, 0.25) is 0 Å². The van der Waals surface area contributed by atoms with Crippen molar-refractivity contribution >= 4 is 5.82 Å². The predicted octanol–water partition coefficient (Wildman–Crippen LogP) is 1.31. The summed E-state index contributed by atoms with van der Waals surface area (Å²) >= 11 is 0. The first-order valence-corrected chi connectivity index (χ1v) is 7.86. The quantitative estimate of drug-likeness (QED) is 0.915. The van der Waals surface area contributed by atoms with Gasteiger partial charge in [0.25, 0.3) is 0 Å². The number of hydrogen-bond acceptors (Lipinski definition) is 6. The number of rotatable bonds is 4. The molecule has 3 rings (SSSR count). The molecular formula is C16H20N6O. The molecule has 1 aliphatic heterocycles. The number of aliphatic hydroxyl groups excluding tert-OH is 1. The van der Waals surface area contributed by atoms with E-state index in [1.165, 1.54) is 0 Å². The Balaban J connectivity index is 1.64. The third kappa shape index (κ3) is 3.48. The lowest BCUT2D eigenvalue weighted by atomic mass is 10.0. The van der Waals surface area contributed by atoms with Crippen molar-refractivity contribution < 1.29 is 5.11 Å². The highest BCUT2D eigenvalue weighted by Gasteiger charge is 2.24. The van der Waals surface area contributed by atoms with Crippen molar-refractivity contribution in [1.82, 2.24) is 20.0 Å². The average Bonchev–Trinajstić information content (AvgIpc) is 3.02. The SMILES string of the molecule is CC(O)Cc1cn(C2CCN(c3ncccc3C#N)CC2)nn1. The summed E-state index contributed by atoms with van der Waals surface area (Å²) in [6.07, 6.45) is 5.63. The van der Waals surface area contributed by atoms with Crippen LogP contribution in [0.3, 0.4) is 0 Å². The Morgan fingerprint density at radius 3 is 2.91 bits per heavy atom. The summed E-state index contributed by atoms with van der Waals surface area (Å²) < 4.78 is 1.90. The molecule has 1 atom stereocenters. The molecule has 0 spiro atoms. The topological polar surface area (TPSA) is 90.9 Å². The molecule has 0 saturated carbocycles. The van der Waals surface area contributed by atoms with Crippen LogP contribution in [-0.2, 0) is 6.42 Å². The second-order valence-corrected chi connectivity index (χ2v) is 5.95. The Labute approximate surface area is 135 Å². The average molecular weight is 312 g/mol. The summed E-state index contributed by atoms with van der Waals surface area (Å²) in [5.41, 5.74) is 1.44. The van der Waals surface area contributed by atoms with Crippen LogP contribution < -0.4 is 4.90 Å². The highest BCUT2D eigenvalue weighted by Crippen LogP contribution is 2.26. The minimum atomic E-state index is -0.407. The maximum Gasteiger partial charge on any atom is 0.146 e. The molecule has 7 heteroatoms. The van der Waals surface area contributed by atoms with Gasteiger partial charge in [-0.1, -0.05) is 5.21 Å². The number of aromatic nitrogens is 4. The van der Waals surface area contributed by atoms with Crippen molar-refractivity contribution in [2.24, 2.45) is 0 Å². The van der Waals surface area contributed by atoms with Crippen molar-refractivity contribution in [3.63, 3.8) is 0 Å². The predicted molar refractivity (Wildman–Crippen MR) is 84.8 cm³/mol. The minimum absolute atomic E-state index is 0.302. The van der Waals surface area contributed by atoms with Crippen LogP contribution in [0.25, 0.3) is 0 Å². The maximum absolute atomic E-state index is 9.42. The molecule has 0 radical (unpaired) electrons. The Morgan fingerprint density at radius 1 is 1.43 bits per heavy atom. The number of aliphatic hydroxyl groups is 1. The highest BCUT2D eigenvalue weighted by atomic mass is 16.3. The first kappa shape index (κ1) is 15.4. The van der Waals surface area contributed by atoms with E-state index in [0.29, 0.717) is 18.0 Å². The summed E-state index contributed by atoms with van der Waals surface area (Å²) in [7, 11) is 0. The summed E-state index contributed by atoms with van der Waals surface area (Å²) in [4.78, 5) is 6.50. The Morgan fingerprint density at radius 2 is 2.22 bits per heavy atom. The van der Waals surface area contributed by atoms with Crippen molar-refractivity contribution in [2.45, 2.75) is 38.3 Å². The lowest BCUT2D eigenvalue weighted by Gasteiger charge is -2.32. The Bertz CT molecular complexity index is 697. The maximum atomic E-state index is 9.42. The standard InChI is InChI=1S/C16H20N6O/c1-12(23)9-14-11-22(20-19-14)15-4-7-21(8-5-15)16-13(10-17)3-2-6-18-16/h2-3,6,11-12,15,23H,4-5,7-9H2,1H3. The molecular weight excluding hydrogens is 292 g/mol. The van der Waals surface area contributed by atoms with Gasteiger partial charge in [0.15, 0.2) is 0 Å². The number of nitriles is 1. The van der Waals surface area contributed by atoms with Gasteiger partial charge in [-0.25, -0.2) is 9.67 Å². The van der Waals surface area contributed by atoms with Gasteiger partial charge in [-0.15, -0.1) is 5.10 Å². The van der Waals surface area contributed by atoms with Crippen LogP contribution in [0.1, 0.15) is 37.1 Å². The monoisotopic (exact) mass is 312 g/mol. The molecule has 0 aliphatic carbocycles. The van der Waals surface area contributed by atoms with Crippen LogP contribution in [0.2, 0.25) is 0 Å². The van der Waals surface area contributed by atoms with Crippen LogP contribution in [0.5, 0.6) is 0 Å². The lowest BCUT2D eigenvalue weighted by molar-refractivity contribution is 0.194. The largest absolute Gasteiger partial charge is 0.393 e. The number of pyridine rings is 1. The van der Waals surface area contributed by atoms with Gasteiger partial charge < -0.3 is 10.0 Å². The van der Waals surface area contributed by atoms with Crippen LogP contribution in [-0.4, -0.2) is 44.3 Å². The molecule has 23 heavy (non-hydrogen) atoms. The number of anilines is 1. The molecule has 0 aromatic carbocycles. The molecule has 2 aromatic rings. The van der Waals surface area contributed by atoms with Gasteiger partial charge in [0.05, 0.1) is 23.4 Å². The van der Waals surface area contributed by atoms with E-state index in [-0.39, 0.29) is 0 Å². The molecule has 1 saturated heterocycles. The van der Waals surface area contributed by atoms with E-state index in [1.54, 1.807) is 25.3 Å². The number of hydrogen-bond donors (Lipinski definition) is 1. The molecule has 1 unspecified atom stereocenters. The zero-order valence-electron chi connectivity index (χ0n) is 13.1. The van der Waals surface area contributed by atoms with Crippen molar-refractivity contribution in [2.75, 3.05) is 18.0 Å². The van der Waals surface area contributed by atoms with E-state index >= 15 is 0 Å². The second-order valence-electron chi connectivity index (χ2n) is 5.95. The van der Waals surface area contributed by atoms with E-state index in [4.69, 9.17) is 0 Å². The van der Waals surface area contributed by atoms with E-state index < -0.39 is 6.10 Å². The van der Waals surface area contributed by atoms with Gasteiger partial charge in [-0.2, -0.15) is 5.26 Å². The van der Waals surface area contributed by atoms with Crippen LogP contribution in [0, 0.1) is 11.3 Å². The summed E-state index contributed by atoms with van der Waals surface area (Å²) in [5, 5.41) is 26.9. The summed E-state index contributed by atoms with van der Waals surface area (Å²) in [6.45, 7) is 3.42. The Hall–Kier alpha value is -2.46. The zero-order valence-corrected chi connectivity index (χ0v) is 13.1. The van der Waals surface area contributed by atoms with Crippen LogP contribution in [0.4, 0.5) is 5.82 Å². The molecule has 120 valence electrons. The molecule has 3 heterocycles. The lowest BCUT2D eigenvalue weighted by Crippen LogP contribution is -2.35. The molecule has 1 aliphatic rings. The first-order valence-electron chi connectivity index (χ1n) is 7.86. The number of piperidine rings is 1. The third-order valence-electron chi connectivity index (χ3n) is 4.11. The van der Waals surface area contributed by atoms with Crippen molar-refractivity contribution in [3.8, 4) is 6.07 Å².